The summed E-state index contributed by atoms with van der Waals surface area (Å²) >= 11 is 3.53. The summed E-state index contributed by atoms with van der Waals surface area (Å²) in [5, 5.41) is 0. The molecule has 1 aliphatic rings. The van der Waals surface area contributed by atoms with Crippen molar-refractivity contribution >= 4 is 15.9 Å². The van der Waals surface area contributed by atoms with E-state index in [2.05, 4.69) is 35.0 Å². The summed E-state index contributed by atoms with van der Waals surface area (Å²) in [4.78, 5) is 0. The second-order valence-electron chi connectivity index (χ2n) is 3.86. The summed E-state index contributed by atoms with van der Waals surface area (Å²) in [5.74, 6) is 1.83. The molecule has 2 heteroatoms. The third kappa shape index (κ3) is 2.50. The van der Waals surface area contributed by atoms with Crippen LogP contribution < -0.4 is 4.74 Å². The van der Waals surface area contributed by atoms with Crippen molar-refractivity contribution in [2.75, 3.05) is 6.61 Å². The fourth-order valence-electron chi connectivity index (χ4n) is 1.41. The highest BCUT2D eigenvalue weighted by molar-refractivity contribution is 9.10. The van der Waals surface area contributed by atoms with Gasteiger partial charge in [0.15, 0.2) is 0 Å². The second-order valence-corrected chi connectivity index (χ2v) is 4.72. The van der Waals surface area contributed by atoms with Gasteiger partial charge in [-0.05, 0) is 48.9 Å². The Labute approximate surface area is 93.6 Å². The van der Waals surface area contributed by atoms with Gasteiger partial charge >= 0.3 is 0 Å². The lowest BCUT2D eigenvalue weighted by molar-refractivity contribution is 0.299. The molecular formula is C12H15BrO. The number of halogens is 1. The van der Waals surface area contributed by atoms with E-state index in [1.807, 2.05) is 6.07 Å². The lowest BCUT2D eigenvalue weighted by Crippen LogP contribution is -1.99. The summed E-state index contributed by atoms with van der Waals surface area (Å²) in [6, 6.07) is 6.24. The Hall–Kier alpha value is -0.500. The van der Waals surface area contributed by atoms with Crippen molar-refractivity contribution in [3.63, 3.8) is 0 Å². The van der Waals surface area contributed by atoms with Crippen molar-refractivity contribution in [1.29, 1.82) is 0 Å². The summed E-state index contributed by atoms with van der Waals surface area (Å²) in [6.45, 7) is 3.05. The number of hydrogen-bond donors (Lipinski definition) is 0. The largest absolute Gasteiger partial charge is 0.493 e. The van der Waals surface area contributed by atoms with Gasteiger partial charge in [-0.15, -0.1) is 0 Å². The van der Waals surface area contributed by atoms with Crippen molar-refractivity contribution in [3.05, 3.63) is 28.2 Å². The van der Waals surface area contributed by atoms with Crippen LogP contribution in [0.5, 0.6) is 5.75 Å². The van der Waals surface area contributed by atoms with Crippen LogP contribution in [0.3, 0.4) is 0 Å². The van der Waals surface area contributed by atoms with E-state index in [1.165, 1.54) is 22.9 Å². The smallest absolute Gasteiger partial charge is 0.119 e. The minimum atomic E-state index is 0.823. The zero-order chi connectivity index (χ0) is 9.97. The molecule has 0 unspecified atom stereocenters. The van der Waals surface area contributed by atoms with Crippen LogP contribution in [0.25, 0.3) is 0 Å². The van der Waals surface area contributed by atoms with Crippen LogP contribution in [0.2, 0.25) is 0 Å². The van der Waals surface area contributed by atoms with Gasteiger partial charge in [-0.3, -0.25) is 0 Å². The van der Waals surface area contributed by atoms with Crippen molar-refractivity contribution in [3.8, 4) is 5.75 Å². The van der Waals surface area contributed by atoms with E-state index >= 15 is 0 Å². The second kappa shape index (κ2) is 4.35. The Morgan fingerprint density at radius 2 is 2.21 bits per heavy atom. The Balaban J connectivity index is 2.01. The molecule has 0 amide bonds. The molecular weight excluding hydrogens is 240 g/mol. The van der Waals surface area contributed by atoms with Crippen LogP contribution in [0.1, 0.15) is 25.3 Å². The van der Waals surface area contributed by atoms with Gasteiger partial charge in [-0.25, -0.2) is 0 Å². The normalized spacial score (nSPS) is 15.6. The first kappa shape index (κ1) is 10.0. The molecule has 0 heterocycles. The predicted molar refractivity (Wildman–Crippen MR) is 61.7 cm³/mol. The van der Waals surface area contributed by atoms with Crippen molar-refractivity contribution < 1.29 is 4.74 Å². The Bertz CT molecular complexity index is 318. The molecule has 0 saturated heterocycles. The molecule has 0 N–H and O–H groups in total. The molecule has 0 aliphatic heterocycles. The maximum absolute atomic E-state index is 5.71. The summed E-state index contributed by atoms with van der Waals surface area (Å²) in [6.07, 6.45) is 3.73. The number of benzene rings is 1. The third-order valence-electron chi connectivity index (χ3n) is 2.58. The van der Waals surface area contributed by atoms with Crippen LogP contribution in [0, 0.1) is 5.92 Å². The number of ether oxygens (including phenoxy) is 1. The SMILES string of the molecule is CCc1cc(OCC2CC2)ccc1Br. The Morgan fingerprint density at radius 3 is 2.86 bits per heavy atom. The summed E-state index contributed by atoms with van der Waals surface area (Å²) < 4.78 is 6.89. The van der Waals surface area contributed by atoms with Crippen LogP contribution >= 0.6 is 15.9 Å². The zero-order valence-electron chi connectivity index (χ0n) is 8.42. The van der Waals surface area contributed by atoms with Crippen LogP contribution in [-0.2, 0) is 6.42 Å². The number of hydrogen-bond acceptors (Lipinski definition) is 1. The first-order valence-electron chi connectivity index (χ1n) is 5.21. The van der Waals surface area contributed by atoms with Crippen molar-refractivity contribution in [2.45, 2.75) is 26.2 Å². The van der Waals surface area contributed by atoms with Gasteiger partial charge in [-0.2, -0.15) is 0 Å². The van der Waals surface area contributed by atoms with Crippen molar-refractivity contribution in [1.82, 2.24) is 0 Å². The summed E-state index contributed by atoms with van der Waals surface area (Å²) in [7, 11) is 0. The molecule has 1 aromatic carbocycles. The molecule has 14 heavy (non-hydrogen) atoms. The molecule has 1 aliphatic carbocycles. The van der Waals surface area contributed by atoms with Gasteiger partial charge in [-0.1, -0.05) is 22.9 Å². The minimum absolute atomic E-state index is 0.823. The molecule has 1 aromatic rings. The minimum Gasteiger partial charge on any atom is -0.493 e. The summed E-state index contributed by atoms with van der Waals surface area (Å²) in [5.41, 5.74) is 1.32. The molecule has 0 radical (unpaired) electrons. The topological polar surface area (TPSA) is 9.23 Å². The molecule has 1 fully saturated rings. The van der Waals surface area contributed by atoms with Crippen LogP contribution in [0.15, 0.2) is 22.7 Å². The maximum Gasteiger partial charge on any atom is 0.119 e. The van der Waals surface area contributed by atoms with Gasteiger partial charge < -0.3 is 4.74 Å². The van der Waals surface area contributed by atoms with Gasteiger partial charge in [0, 0.05) is 4.47 Å². The molecule has 0 aromatic heterocycles. The van der Waals surface area contributed by atoms with Gasteiger partial charge in [0.25, 0.3) is 0 Å². The van der Waals surface area contributed by atoms with Gasteiger partial charge in [0.05, 0.1) is 6.61 Å². The fourth-order valence-corrected chi connectivity index (χ4v) is 1.94. The van der Waals surface area contributed by atoms with E-state index in [0.29, 0.717) is 0 Å². The van der Waals surface area contributed by atoms with E-state index in [4.69, 9.17) is 4.74 Å². The maximum atomic E-state index is 5.71. The molecule has 2 rings (SSSR count). The number of aryl methyl sites for hydroxylation is 1. The van der Waals surface area contributed by atoms with E-state index in [1.54, 1.807) is 0 Å². The molecule has 1 saturated carbocycles. The van der Waals surface area contributed by atoms with E-state index in [0.717, 1.165) is 24.7 Å². The molecule has 0 bridgehead atoms. The average Bonchev–Trinajstić information content (AvgIpc) is 3.00. The highest BCUT2D eigenvalue weighted by Crippen LogP contribution is 2.30. The Morgan fingerprint density at radius 1 is 1.43 bits per heavy atom. The fraction of sp³-hybridized carbons (Fsp3) is 0.500. The molecule has 0 atom stereocenters. The van der Waals surface area contributed by atoms with E-state index in [-0.39, 0.29) is 0 Å². The van der Waals surface area contributed by atoms with Gasteiger partial charge in [0.2, 0.25) is 0 Å². The highest BCUT2D eigenvalue weighted by Gasteiger charge is 2.21. The first-order chi connectivity index (χ1) is 6.79. The van der Waals surface area contributed by atoms with Crippen LogP contribution in [0.4, 0.5) is 0 Å². The molecule has 1 nitrogen and oxygen atoms in total. The third-order valence-corrected chi connectivity index (χ3v) is 3.35. The zero-order valence-corrected chi connectivity index (χ0v) is 10.0. The number of rotatable bonds is 4. The Kier molecular flexibility index (Phi) is 3.12. The van der Waals surface area contributed by atoms with Gasteiger partial charge in [0.1, 0.15) is 5.75 Å². The molecule has 0 spiro atoms. The predicted octanol–water partition coefficient (Wildman–Crippen LogP) is 3.80. The lowest BCUT2D eigenvalue weighted by atomic mass is 10.2. The standard InChI is InChI=1S/C12H15BrO/c1-2-10-7-11(5-6-12(10)13)14-8-9-3-4-9/h5-7,9H,2-4,8H2,1H3. The van der Waals surface area contributed by atoms with Crippen LogP contribution in [-0.4, -0.2) is 6.61 Å². The first-order valence-corrected chi connectivity index (χ1v) is 6.00. The monoisotopic (exact) mass is 254 g/mol. The lowest BCUT2D eigenvalue weighted by Gasteiger charge is -2.07. The van der Waals surface area contributed by atoms with Crippen molar-refractivity contribution in [2.24, 2.45) is 5.92 Å². The van der Waals surface area contributed by atoms with E-state index < -0.39 is 0 Å². The molecule has 76 valence electrons. The quantitative estimate of drug-likeness (QED) is 0.795. The van der Waals surface area contributed by atoms with E-state index in [9.17, 15) is 0 Å². The average molecular weight is 255 g/mol. The highest BCUT2D eigenvalue weighted by atomic mass is 79.9.